The van der Waals surface area contributed by atoms with Crippen LogP contribution in [0.4, 0.5) is 0 Å². The summed E-state index contributed by atoms with van der Waals surface area (Å²) in [7, 11) is -1.77. The van der Waals surface area contributed by atoms with Crippen LogP contribution in [0.1, 0.15) is 26.2 Å². The first-order chi connectivity index (χ1) is 6.58. The van der Waals surface area contributed by atoms with Gasteiger partial charge in [-0.15, -0.1) is 0 Å². The van der Waals surface area contributed by atoms with Crippen molar-refractivity contribution in [3.8, 4) is 0 Å². The molecule has 80 valence electrons. The van der Waals surface area contributed by atoms with Gasteiger partial charge in [0.2, 0.25) is 9.84 Å². The minimum Gasteiger partial charge on any atom is -0.220 e. The number of hydrogen-bond donors (Lipinski definition) is 0. The van der Waals surface area contributed by atoms with Crippen molar-refractivity contribution in [2.24, 2.45) is 7.05 Å². The predicted molar refractivity (Wildman–Crippen MR) is 50.4 cm³/mol. The summed E-state index contributed by atoms with van der Waals surface area (Å²) in [6.07, 6.45) is 2.56. The van der Waals surface area contributed by atoms with Gasteiger partial charge in [-0.2, -0.15) is 0 Å². The molecule has 0 atom stereocenters. The smallest absolute Gasteiger partial charge is 0.220 e. The summed E-state index contributed by atoms with van der Waals surface area (Å²) in [6, 6.07) is 0. The zero-order valence-corrected chi connectivity index (χ0v) is 9.16. The fourth-order valence-electron chi connectivity index (χ4n) is 1.12. The molecule has 0 aromatic carbocycles. The molecular formula is C7H14N4O2S. The highest BCUT2D eigenvalue weighted by Gasteiger charge is 2.20. The van der Waals surface area contributed by atoms with E-state index in [0.717, 1.165) is 12.8 Å². The van der Waals surface area contributed by atoms with Gasteiger partial charge >= 0.3 is 0 Å². The molecule has 0 aliphatic rings. The van der Waals surface area contributed by atoms with Crippen LogP contribution < -0.4 is 0 Å². The van der Waals surface area contributed by atoms with Crippen molar-refractivity contribution in [2.75, 3.05) is 5.75 Å². The molecule has 6 nitrogen and oxygen atoms in total. The van der Waals surface area contributed by atoms with Crippen molar-refractivity contribution < 1.29 is 8.42 Å². The first-order valence-corrected chi connectivity index (χ1v) is 6.18. The number of tetrazole rings is 1. The lowest BCUT2D eigenvalue weighted by molar-refractivity contribution is 0.565. The van der Waals surface area contributed by atoms with E-state index in [9.17, 15) is 8.42 Å². The fraction of sp³-hybridized carbons (Fsp3) is 0.857. The van der Waals surface area contributed by atoms with Crippen molar-refractivity contribution >= 4 is 9.84 Å². The van der Waals surface area contributed by atoms with E-state index in [1.165, 1.54) is 11.7 Å². The van der Waals surface area contributed by atoms with Crippen molar-refractivity contribution in [3.05, 3.63) is 0 Å². The molecule has 0 saturated carbocycles. The van der Waals surface area contributed by atoms with Gasteiger partial charge in [0.05, 0.1) is 5.75 Å². The molecular weight excluding hydrogens is 204 g/mol. The molecule has 0 radical (unpaired) electrons. The number of unbranched alkanes of at least 4 members (excludes halogenated alkanes) is 2. The molecule has 1 rings (SSSR count). The van der Waals surface area contributed by atoms with E-state index in [2.05, 4.69) is 15.5 Å². The summed E-state index contributed by atoms with van der Waals surface area (Å²) in [4.78, 5) is 0. The van der Waals surface area contributed by atoms with Crippen LogP contribution in [-0.2, 0) is 16.9 Å². The van der Waals surface area contributed by atoms with Crippen molar-refractivity contribution in [3.63, 3.8) is 0 Å². The van der Waals surface area contributed by atoms with E-state index in [4.69, 9.17) is 0 Å². The Labute approximate surface area is 83.2 Å². The van der Waals surface area contributed by atoms with Gasteiger partial charge in [0.1, 0.15) is 0 Å². The molecule has 0 N–H and O–H groups in total. The molecule has 1 heterocycles. The molecule has 7 heteroatoms. The highest BCUT2D eigenvalue weighted by atomic mass is 32.2. The normalized spacial score (nSPS) is 11.9. The van der Waals surface area contributed by atoms with Crippen LogP contribution in [0.25, 0.3) is 0 Å². The highest BCUT2D eigenvalue weighted by molar-refractivity contribution is 7.91. The standard InChI is InChI=1S/C7H14N4O2S/c1-3-4-5-6-14(12,13)7-8-9-10-11(7)2/h3-6H2,1-2H3. The average Bonchev–Trinajstić information content (AvgIpc) is 2.52. The highest BCUT2D eigenvalue weighted by Crippen LogP contribution is 2.07. The maximum absolute atomic E-state index is 11.6. The maximum atomic E-state index is 11.6. The summed E-state index contributed by atoms with van der Waals surface area (Å²) in [5.74, 6) is 0.120. The molecule has 0 bridgehead atoms. The third kappa shape index (κ3) is 2.50. The quantitative estimate of drug-likeness (QED) is 0.658. The van der Waals surface area contributed by atoms with Crippen molar-refractivity contribution in [1.82, 2.24) is 20.2 Å². The number of aryl methyl sites for hydroxylation is 1. The van der Waals surface area contributed by atoms with Crippen LogP contribution in [-0.4, -0.2) is 34.4 Å². The Morgan fingerprint density at radius 3 is 2.57 bits per heavy atom. The average molecular weight is 218 g/mol. The van der Waals surface area contributed by atoms with E-state index in [1.54, 1.807) is 0 Å². The van der Waals surface area contributed by atoms with Crippen LogP contribution in [0.15, 0.2) is 5.16 Å². The molecule has 0 aliphatic heterocycles. The number of aromatic nitrogens is 4. The Kier molecular flexibility index (Phi) is 3.56. The summed E-state index contributed by atoms with van der Waals surface area (Å²) in [5, 5.41) is 10.2. The van der Waals surface area contributed by atoms with Crippen LogP contribution in [0.2, 0.25) is 0 Å². The largest absolute Gasteiger partial charge is 0.267 e. The minimum atomic E-state index is -3.29. The molecule has 0 amide bonds. The molecule has 0 unspecified atom stereocenters. The van der Waals surface area contributed by atoms with E-state index in [0.29, 0.717) is 6.42 Å². The first-order valence-electron chi connectivity index (χ1n) is 4.53. The Balaban J connectivity index is 2.72. The number of rotatable bonds is 5. The fourth-order valence-corrected chi connectivity index (χ4v) is 2.48. The second-order valence-corrected chi connectivity index (χ2v) is 5.11. The molecule has 0 aliphatic carbocycles. The van der Waals surface area contributed by atoms with Crippen LogP contribution in [0.3, 0.4) is 0 Å². The number of hydrogen-bond acceptors (Lipinski definition) is 5. The molecule has 1 aromatic heterocycles. The van der Waals surface area contributed by atoms with Gasteiger partial charge in [-0.05, 0) is 16.8 Å². The van der Waals surface area contributed by atoms with Crippen LogP contribution >= 0.6 is 0 Å². The second-order valence-electron chi connectivity index (χ2n) is 3.11. The van der Waals surface area contributed by atoms with Crippen molar-refractivity contribution in [2.45, 2.75) is 31.3 Å². The monoisotopic (exact) mass is 218 g/mol. The summed E-state index contributed by atoms with van der Waals surface area (Å²) >= 11 is 0. The molecule has 0 fully saturated rings. The molecule has 14 heavy (non-hydrogen) atoms. The van der Waals surface area contributed by atoms with Gasteiger partial charge < -0.3 is 0 Å². The van der Waals surface area contributed by atoms with Crippen molar-refractivity contribution in [1.29, 1.82) is 0 Å². The van der Waals surface area contributed by atoms with Gasteiger partial charge in [0, 0.05) is 7.05 Å². The lowest BCUT2D eigenvalue weighted by atomic mass is 10.3. The number of nitrogens with zero attached hydrogens (tertiary/aromatic N) is 4. The van der Waals surface area contributed by atoms with E-state index >= 15 is 0 Å². The van der Waals surface area contributed by atoms with Gasteiger partial charge in [0.25, 0.3) is 5.16 Å². The summed E-state index contributed by atoms with van der Waals surface area (Å²) in [6.45, 7) is 2.02. The van der Waals surface area contributed by atoms with Gasteiger partial charge in [-0.3, -0.25) is 0 Å². The molecule has 1 aromatic rings. The molecule has 0 saturated heterocycles. The van der Waals surface area contributed by atoms with Crippen LogP contribution in [0, 0.1) is 0 Å². The van der Waals surface area contributed by atoms with E-state index in [1.807, 2.05) is 6.92 Å². The Bertz CT molecular complexity index is 384. The summed E-state index contributed by atoms with van der Waals surface area (Å²) < 4.78 is 24.4. The Morgan fingerprint density at radius 1 is 1.36 bits per heavy atom. The lowest BCUT2D eigenvalue weighted by Crippen LogP contribution is -2.13. The van der Waals surface area contributed by atoms with Crippen LogP contribution in [0.5, 0.6) is 0 Å². The third-order valence-corrected chi connectivity index (χ3v) is 3.60. The zero-order chi connectivity index (χ0) is 10.6. The Hall–Kier alpha value is -0.980. The zero-order valence-electron chi connectivity index (χ0n) is 8.34. The first kappa shape index (κ1) is 11.1. The SMILES string of the molecule is CCCCCS(=O)(=O)c1nnnn1C. The molecule has 0 spiro atoms. The maximum Gasteiger partial charge on any atom is 0.267 e. The Morgan fingerprint density at radius 2 is 2.07 bits per heavy atom. The van der Waals surface area contributed by atoms with Gasteiger partial charge in [0.15, 0.2) is 0 Å². The van der Waals surface area contributed by atoms with Gasteiger partial charge in [-0.1, -0.05) is 24.9 Å². The third-order valence-electron chi connectivity index (χ3n) is 1.88. The second kappa shape index (κ2) is 4.50. The number of sulfone groups is 1. The van der Waals surface area contributed by atoms with Gasteiger partial charge in [-0.25, -0.2) is 13.1 Å². The summed E-state index contributed by atoms with van der Waals surface area (Å²) in [5.41, 5.74) is 0. The topological polar surface area (TPSA) is 77.7 Å². The predicted octanol–water partition coefficient (Wildman–Crippen LogP) is 0.174. The van der Waals surface area contributed by atoms with E-state index in [-0.39, 0.29) is 10.9 Å². The minimum absolute atomic E-state index is 0.0476. The van der Waals surface area contributed by atoms with E-state index < -0.39 is 9.84 Å². The lowest BCUT2D eigenvalue weighted by Gasteiger charge is -2.00.